The summed E-state index contributed by atoms with van der Waals surface area (Å²) >= 11 is 0. The Balaban J connectivity index is 1.34. The van der Waals surface area contributed by atoms with Crippen LogP contribution in [-0.2, 0) is 13.0 Å². The van der Waals surface area contributed by atoms with Gasteiger partial charge in [-0.05, 0) is 41.8 Å². The molecule has 168 valence electrons. The van der Waals surface area contributed by atoms with Gasteiger partial charge in [0.1, 0.15) is 5.69 Å². The van der Waals surface area contributed by atoms with Gasteiger partial charge in [0.15, 0.2) is 0 Å². The van der Waals surface area contributed by atoms with E-state index in [0.29, 0.717) is 44.0 Å². The minimum absolute atomic E-state index is 0.0478. The Labute approximate surface area is 193 Å². The standard InChI is InChI=1S/C26H26N4O3/c31-26(21-7-2-1-3-8-21)28-16-14-27(15-17-28)23-10-11-24(30(32)33)25(18-23)29-13-12-20-6-4-5-9-22(20)19-29/h1-11,18H,12-17,19H2. The van der Waals surface area contributed by atoms with Crippen LogP contribution >= 0.6 is 0 Å². The molecular formula is C26H26N4O3. The number of nitro groups is 1. The predicted octanol–water partition coefficient (Wildman–Crippen LogP) is 4.12. The fraction of sp³-hybridized carbons (Fsp3) is 0.269. The number of amides is 1. The molecule has 1 saturated heterocycles. The molecule has 0 unspecified atom stereocenters. The summed E-state index contributed by atoms with van der Waals surface area (Å²) in [7, 11) is 0. The maximum Gasteiger partial charge on any atom is 0.292 e. The van der Waals surface area contributed by atoms with E-state index < -0.39 is 0 Å². The maximum absolute atomic E-state index is 12.7. The third kappa shape index (κ3) is 4.26. The molecule has 0 atom stereocenters. The summed E-state index contributed by atoms with van der Waals surface area (Å²) < 4.78 is 0. The van der Waals surface area contributed by atoms with E-state index in [2.05, 4.69) is 21.9 Å². The van der Waals surface area contributed by atoms with Crippen molar-refractivity contribution in [1.29, 1.82) is 0 Å². The van der Waals surface area contributed by atoms with Gasteiger partial charge in [0.05, 0.1) is 4.92 Å². The molecule has 2 aliphatic rings. The molecule has 3 aromatic rings. The zero-order valence-electron chi connectivity index (χ0n) is 18.4. The SMILES string of the molecule is O=C(c1ccccc1)N1CCN(c2ccc([N+](=O)[O-])c(N3CCc4ccccc4C3)c2)CC1. The fourth-order valence-corrected chi connectivity index (χ4v) is 4.75. The van der Waals surface area contributed by atoms with Crippen molar-refractivity contribution in [3.05, 3.63) is 99.6 Å². The average Bonchev–Trinajstić information content (AvgIpc) is 2.88. The van der Waals surface area contributed by atoms with Crippen molar-refractivity contribution in [3.63, 3.8) is 0 Å². The quantitative estimate of drug-likeness (QED) is 0.449. The number of hydrogen-bond acceptors (Lipinski definition) is 5. The molecule has 7 heteroatoms. The van der Waals surface area contributed by atoms with Crippen LogP contribution in [0.4, 0.5) is 17.1 Å². The topological polar surface area (TPSA) is 69.9 Å². The molecule has 0 spiro atoms. The van der Waals surface area contributed by atoms with Crippen LogP contribution in [0, 0.1) is 10.1 Å². The molecular weight excluding hydrogens is 416 g/mol. The fourth-order valence-electron chi connectivity index (χ4n) is 4.75. The van der Waals surface area contributed by atoms with Gasteiger partial charge in [-0.2, -0.15) is 0 Å². The second-order valence-electron chi connectivity index (χ2n) is 8.52. The lowest BCUT2D eigenvalue weighted by atomic mass is 9.99. The molecule has 0 bridgehead atoms. The molecule has 5 rings (SSSR count). The Morgan fingerprint density at radius 2 is 1.48 bits per heavy atom. The zero-order chi connectivity index (χ0) is 22.8. The van der Waals surface area contributed by atoms with Crippen molar-refractivity contribution in [2.24, 2.45) is 0 Å². The predicted molar refractivity (Wildman–Crippen MR) is 129 cm³/mol. The summed E-state index contributed by atoms with van der Waals surface area (Å²) in [4.78, 5) is 30.4. The summed E-state index contributed by atoms with van der Waals surface area (Å²) in [6.45, 7) is 4.05. The van der Waals surface area contributed by atoms with E-state index in [1.165, 1.54) is 11.1 Å². The first-order valence-electron chi connectivity index (χ1n) is 11.3. The first-order chi connectivity index (χ1) is 16.1. The summed E-state index contributed by atoms with van der Waals surface area (Å²) in [6.07, 6.45) is 0.873. The lowest BCUT2D eigenvalue weighted by Gasteiger charge is -2.37. The number of benzene rings is 3. The minimum Gasteiger partial charge on any atom is -0.368 e. The minimum atomic E-state index is -0.296. The van der Waals surface area contributed by atoms with Crippen LogP contribution in [0.3, 0.4) is 0 Å². The lowest BCUT2D eigenvalue weighted by Crippen LogP contribution is -2.48. The van der Waals surface area contributed by atoms with E-state index in [-0.39, 0.29) is 16.5 Å². The van der Waals surface area contributed by atoms with Crippen LogP contribution in [0.25, 0.3) is 0 Å². The molecule has 0 aromatic heterocycles. The van der Waals surface area contributed by atoms with Crippen LogP contribution in [0.1, 0.15) is 21.5 Å². The van der Waals surface area contributed by atoms with E-state index in [0.717, 1.165) is 18.7 Å². The number of anilines is 2. The Bertz CT molecular complexity index is 1170. The average molecular weight is 443 g/mol. The van der Waals surface area contributed by atoms with Crippen molar-refractivity contribution in [3.8, 4) is 0 Å². The number of nitrogens with zero attached hydrogens (tertiary/aromatic N) is 4. The maximum atomic E-state index is 12.7. The molecule has 1 fully saturated rings. The Kier molecular flexibility index (Phi) is 5.69. The largest absolute Gasteiger partial charge is 0.368 e. The van der Waals surface area contributed by atoms with Gasteiger partial charge < -0.3 is 14.7 Å². The van der Waals surface area contributed by atoms with Crippen LogP contribution < -0.4 is 9.80 Å². The van der Waals surface area contributed by atoms with Crippen LogP contribution in [0.2, 0.25) is 0 Å². The highest BCUT2D eigenvalue weighted by Gasteiger charge is 2.27. The monoisotopic (exact) mass is 442 g/mol. The Hall–Kier alpha value is -3.87. The van der Waals surface area contributed by atoms with Crippen molar-refractivity contribution in [1.82, 2.24) is 4.90 Å². The summed E-state index contributed by atoms with van der Waals surface area (Å²) in [5.41, 5.74) is 4.99. The molecule has 0 N–H and O–H groups in total. The first-order valence-corrected chi connectivity index (χ1v) is 11.3. The van der Waals surface area contributed by atoms with E-state index >= 15 is 0 Å². The lowest BCUT2D eigenvalue weighted by molar-refractivity contribution is -0.384. The Morgan fingerprint density at radius 1 is 0.788 bits per heavy atom. The molecule has 2 heterocycles. The Morgan fingerprint density at radius 3 is 2.21 bits per heavy atom. The number of piperazine rings is 1. The van der Waals surface area contributed by atoms with Gasteiger partial charge >= 0.3 is 0 Å². The highest BCUT2D eigenvalue weighted by atomic mass is 16.6. The van der Waals surface area contributed by atoms with Crippen LogP contribution in [0.15, 0.2) is 72.8 Å². The number of rotatable bonds is 4. The summed E-state index contributed by atoms with van der Waals surface area (Å²) in [5.74, 6) is 0.0478. The van der Waals surface area contributed by atoms with Crippen molar-refractivity contribution in [2.75, 3.05) is 42.5 Å². The van der Waals surface area contributed by atoms with Crippen LogP contribution in [-0.4, -0.2) is 48.5 Å². The van der Waals surface area contributed by atoms with Gasteiger partial charge in [-0.15, -0.1) is 0 Å². The second-order valence-corrected chi connectivity index (χ2v) is 8.52. The third-order valence-electron chi connectivity index (χ3n) is 6.58. The van der Waals surface area contributed by atoms with Gasteiger partial charge in [-0.3, -0.25) is 14.9 Å². The van der Waals surface area contributed by atoms with Crippen molar-refractivity contribution >= 4 is 23.0 Å². The molecule has 0 radical (unpaired) electrons. The summed E-state index contributed by atoms with van der Waals surface area (Å²) in [5, 5.41) is 11.8. The molecule has 0 saturated carbocycles. The third-order valence-corrected chi connectivity index (χ3v) is 6.58. The van der Waals surface area contributed by atoms with Gasteiger partial charge in [-0.25, -0.2) is 0 Å². The number of hydrogen-bond donors (Lipinski definition) is 0. The smallest absolute Gasteiger partial charge is 0.292 e. The highest BCUT2D eigenvalue weighted by molar-refractivity contribution is 5.94. The number of carbonyl (C=O) groups excluding carboxylic acids is 1. The highest BCUT2D eigenvalue weighted by Crippen LogP contribution is 2.35. The number of carbonyl (C=O) groups is 1. The molecule has 3 aromatic carbocycles. The van der Waals surface area contributed by atoms with Crippen molar-refractivity contribution < 1.29 is 9.72 Å². The van der Waals surface area contributed by atoms with Crippen LogP contribution in [0.5, 0.6) is 0 Å². The molecule has 1 amide bonds. The summed E-state index contributed by atoms with van der Waals surface area (Å²) in [6, 6.07) is 23.0. The van der Waals surface area contributed by atoms with Gasteiger partial charge in [0.25, 0.3) is 11.6 Å². The van der Waals surface area contributed by atoms with E-state index in [1.807, 2.05) is 59.5 Å². The van der Waals surface area contributed by atoms with E-state index in [4.69, 9.17) is 0 Å². The molecule has 7 nitrogen and oxygen atoms in total. The second kappa shape index (κ2) is 8.94. The van der Waals surface area contributed by atoms with Gasteiger partial charge in [-0.1, -0.05) is 42.5 Å². The number of fused-ring (bicyclic) bond motifs is 1. The zero-order valence-corrected chi connectivity index (χ0v) is 18.4. The number of nitro benzene ring substituents is 1. The first kappa shape index (κ1) is 21.0. The normalized spacial score (nSPS) is 15.8. The van der Waals surface area contributed by atoms with Crippen molar-refractivity contribution in [2.45, 2.75) is 13.0 Å². The van der Waals surface area contributed by atoms with Gasteiger partial charge in [0.2, 0.25) is 0 Å². The van der Waals surface area contributed by atoms with Gasteiger partial charge in [0, 0.05) is 56.6 Å². The molecule has 33 heavy (non-hydrogen) atoms. The molecule has 2 aliphatic heterocycles. The molecule has 0 aliphatic carbocycles. The van der Waals surface area contributed by atoms with E-state index in [9.17, 15) is 14.9 Å². The van der Waals surface area contributed by atoms with E-state index in [1.54, 1.807) is 6.07 Å².